The van der Waals surface area contributed by atoms with Crippen LogP contribution in [0.4, 0.5) is 11.4 Å². The highest BCUT2D eigenvalue weighted by Crippen LogP contribution is 2.40. The summed E-state index contributed by atoms with van der Waals surface area (Å²) in [5.41, 5.74) is 8.50. The molecule has 0 saturated heterocycles. The highest BCUT2D eigenvalue weighted by atomic mass is 16.1. The maximum absolute atomic E-state index is 12.8. The molecule has 0 spiro atoms. The monoisotopic (exact) mass is 427 g/mol. The fraction of sp³-hybridized carbons (Fsp3) is 0.357. The van der Waals surface area contributed by atoms with E-state index in [9.17, 15) is 10.1 Å². The molecule has 4 heteroatoms. The van der Waals surface area contributed by atoms with Crippen LogP contribution in [-0.4, -0.2) is 18.0 Å². The number of allylic oxidation sites excluding steroid dienone is 1. The van der Waals surface area contributed by atoms with Crippen molar-refractivity contribution in [2.75, 3.05) is 16.8 Å². The topological polar surface area (TPSA) is 56.1 Å². The fourth-order valence-electron chi connectivity index (χ4n) is 4.35. The van der Waals surface area contributed by atoms with Crippen molar-refractivity contribution in [3.63, 3.8) is 0 Å². The molecule has 3 rings (SSSR count). The van der Waals surface area contributed by atoms with Crippen LogP contribution in [0, 0.1) is 32.1 Å². The summed E-state index contributed by atoms with van der Waals surface area (Å²) in [5.74, 6) is -0.395. The van der Waals surface area contributed by atoms with Gasteiger partial charge in [0.25, 0.3) is 5.91 Å². The van der Waals surface area contributed by atoms with Crippen molar-refractivity contribution >= 4 is 28.9 Å². The predicted molar refractivity (Wildman–Crippen MR) is 135 cm³/mol. The molecule has 32 heavy (non-hydrogen) atoms. The zero-order chi connectivity index (χ0) is 23.6. The number of rotatable bonds is 5. The number of anilines is 2. The lowest BCUT2D eigenvalue weighted by molar-refractivity contribution is -0.112. The molecular formula is C28H33N3O. The van der Waals surface area contributed by atoms with Crippen molar-refractivity contribution in [2.24, 2.45) is 0 Å². The molecule has 2 aromatic rings. The Hall–Kier alpha value is -3.32. The third-order valence-electron chi connectivity index (χ3n) is 6.24. The van der Waals surface area contributed by atoms with E-state index in [-0.39, 0.29) is 11.1 Å². The second-order valence-corrected chi connectivity index (χ2v) is 9.28. The van der Waals surface area contributed by atoms with Crippen molar-refractivity contribution in [1.82, 2.24) is 0 Å². The summed E-state index contributed by atoms with van der Waals surface area (Å²) < 4.78 is 0. The average Bonchev–Trinajstić information content (AvgIpc) is 2.72. The Morgan fingerprint density at radius 3 is 2.44 bits per heavy atom. The van der Waals surface area contributed by atoms with Gasteiger partial charge in [0.05, 0.1) is 5.54 Å². The molecule has 0 radical (unpaired) electrons. The number of amides is 1. The molecular weight excluding hydrogens is 394 g/mol. The number of benzene rings is 2. The molecule has 0 fully saturated rings. The normalized spacial score (nSPS) is 15.0. The summed E-state index contributed by atoms with van der Waals surface area (Å²) in [7, 11) is 0. The van der Waals surface area contributed by atoms with Crippen LogP contribution in [0.25, 0.3) is 11.6 Å². The van der Waals surface area contributed by atoms with Gasteiger partial charge < -0.3 is 10.2 Å². The minimum Gasteiger partial charge on any atom is -0.362 e. The second kappa shape index (κ2) is 9.04. The Morgan fingerprint density at radius 1 is 1.09 bits per heavy atom. The Labute approximate surface area is 192 Å². The van der Waals surface area contributed by atoms with Crippen molar-refractivity contribution in [3.05, 3.63) is 69.8 Å². The van der Waals surface area contributed by atoms with E-state index in [0.29, 0.717) is 5.69 Å². The molecule has 0 unspecified atom stereocenters. The largest absolute Gasteiger partial charge is 0.362 e. The fourth-order valence-corrected chi connectivity index (χ4v) is 4.35. The van der Waals surface area contributed by atoms with E-state index in [1.54, 1.807) is 6.08 Å². The van der Waals surface area contributed by atoms with Crippen LogP contribution in [0.2, 0.25) is 0 Å². The lowest BCUT2D eigenvalue weighted by atomic mass is 9.86. The zero-order valence-electron chi connectivity index (χ0n) is 20.3. The summed E-state index contributed by atoms with van der Waals surface area (Å²) in [6.07, 6.45) is 5.06. The molecule has 1 amide bonds. The molecule has 0 atom stereocenters. The van der Waals surface area contributed by atoms with E-state index in [4.69, 9.17) is 0 Å². The summed E-state index contributed by atoms with van der Waals surface area (Å²) >= 11 is 0. The van der Waals surface area contributed by atoms with Gasteiger partial charge in [-0.1, -0.05) is 19.1 Å². The summed E-state index contributed by atoms with van der Waals surface area (Å²) in [5, 5.41) is 12.6. The van der Waals surface area contributed by atoms with Gasteiger partial charge in [-0.3, -0.25) is 4.79 Å². The molecule has 1 aliphatic heterocycles. The van der Waals surface area contributed by atoms with E-state index in [1.165, 1.54) is 11.3 Å². The van der Waals surface area contributed by atoms with Crippen LogP contribution in [0.3, 0.4) is 0 Å². The van der Waals surface area contributed by atoms with Gasteiger partial charge in [-0.05, 0) is 106 Å². The molecule has 4 nitrogen and oxygen atoms in total. The van der Waals surface area contributed by atoms with E-state index >= 15 is 0 Å². The first kappa shape index (κ1) is 23.3. The number of hydrogen-bond acceptors (Lipinski definition) is 3. The standard InChI is InChI=1S/C28H33N3O/c1-8-11-31-26-13-20(4)22(15-25(26)21(5)16-28(31,6)7)14-23(17-29)27(32)30-24-10-9-18(2)19(3)12-24/h9-10,12-16H,8,11H2,1-7H3,(H,30,32)/b23-14+. The number of nitrogens with zero attached hydrogens (tertiary/aromatic N) is 2. The quantitative estimate of drug-likeness (QED) is 0.434. The van der Waals surface area contributed by atoms with Crippen LogP contribution in [0.5, 0.6) is 0 Å². The molecule has 1 heterocycles. The highest BCUT2D eigenvalue weighted by Gasteiger charge is 2.31. The number of hydrogen-bond donors (Lipinski definition) is 1. The van der Waals surface area contributed by atoms with Gasteiger partial charge in [-0.2, -0.15) is 5.26 Å². The summed E-state index contributed by atoms with van der Waals surface area (Å²) in [4.78, 5) is 15.2. The summed E-state index contributed by atoms with van der Waals surface area (Å²) in [6.45, 7) is 15.8. The predicted octanol–water partition coefficient (Wildman–Crippen LogP) is 6.57. The number of aryl methyl sites for hydroxylation is 3. The SMILES string of the molecule is CCCN1c2cc(C)c(/C=C(\C#N)C(=O)Nc3ccc(C)c(C)c3)cc2C(C)=CC1(C)C. The molecule has 0 bridgehead atoms. The lowest BCUT2D eigenvalue weighted by Gasteiger charge is -2.43. The Kier molecular flexibility index (Phi) is 6.60. The number of nitriles is 1. The highest BCUT2D eigenvalue weighted by molar-refractivity contribution is 6.10. The summed E-state index contributed by atoms with van der Waals surface area (Å²) in [6, 6.07) is 12.1. The molecule has 0 saturated carbocycles. The number of fused-ring (bicyclic) bond motifs is 1. The molecule has 0 aromatic heterocycles. The average molecular weight is 428 g/mol. The first-order valence-electron chi connectivity index (χ1n) is 11.2. The van der Waals surface area contributed by atoms with Gasteiger partial charge in [0.1, 0.15) is 11.6 Å². The minimum atomic E-state index is -0.395. The van der Waals surface area contributed by atoms with Crippen molar-refractivity contribution in [3.8, 4) is 6.07 Å². The van der Waals surface area contributed by atoms with Crippen molar-refractivity contribution < 1.29 is 4.79 Å². The maximum Gasteiger partial charge on any atom is 0.266 e. The zero-order valence-corrected chi connectivity index (χ0v) is 20.3. The van der Waals surface area contributed by atoms with Crippen molar-refractivity contribution in [2.45, 2.75) is 60.4 Å². The molecule has 2 aromatic carbocycles. The van der Waals surface area contributed by atoms with Gasteiger partial charge >= 0.3 is 0 Å². The molecule has 1 N–H and O–H groups in total. The molecule has 166 valence electrons. The minimum absolute atomic E-state index is 0.0548. The van der Waals surface area contributed by atoms with E-state index in [0.717, 1.165) is 40.8 Å². The van der Waals surface area contributed by atoms with Gasteiger partial charge in [0, 0.05) is 23.5 Å². The van der Waals surface area contributed by atoms with Gasteiger partial charge in [0.15, 0.2) is 0 Å². The third kappa shape index (κ3) is 4.62. The van der Waals surface area contributed by atoms with Gasteiger partial charge in [-0.25, -0.2) is 0 Å². The lowest BCUT2D eigenvalue weighted by Crippen LogP contribution is -2.45. The van der Waals surface area contributed by atoms with Crippen LogP contribution >= 0.6 is 0 Å². The maximum atomic E-state index is 12.8. The smallest absolute Gasteiger partial charge is 0.266 e. The Balaban J connectivity index is 1.98. The Bertz CT molecular complexity index is 1160. The first-order valence-corrected chi connectivity index (χ1v) is 11.2. The molecule has 1 aliphatic rings. The number of carbonyl (C=O) groups excluding carboxylic acids is 1. The van der Waals surface area contributed by atoms with Crippen LogP contribution in [0.1, 0.15) is 61.9 Å². The van der Waals surface area contributed by atoms with Crippen LogP contribution in [0.15, 0.2) is 42.0 Å². The van der Waals surface area contributed by atoms with Crippen LogP contribution < -0.4 is 10.2 Å². The number of nitrogens with one attached hydrogen (secondary N) is 1. The first-order chi connectivity index (χ1) is 15.1. The van der Waals surface area contributed by atoms with Crippen LogP contribution in [-0.2, 0) is 4.79 Å². The van der Waals surface area contributed by atoms with E-state index in [2.05, 4.69) is 62.2 Å². The van der Waals surface area contributed by atoms with Gasteiger partial charge in [0.2, 0.25) is 0 Å². The molecule has 0 aliphatic carbocycles. The van der Waals surface area contributed by atoms with Crippen molar-refractivity contribution in [1.29, 1.82) is 5.26 Å². The Morgan fingerprint density at radius 2 is 1.81 bits per heavy atom. The number of carbonyl (C=O) groups is 1. The second-order valence-electron chi connectivity index (χ2n) is 9.28. The van der Waals surface area contributed by atoms with E-state index in [1.807, 2.05) is 39.0 Å². The third-order valence-corrected chi connectivity index (χ3v) is 6.24. The van der Waals surface area contributed by atoms with Gasteiger partial charge in [-0.15, -0.1) is 0 Å². The van der Waals surface area contributed by atoms with E-state index < -0.39 is 5.91 Å².